The summed E-state index contributed by atoms with van der Waals surface area (Å²) in [4.78, 5) is 13.1. The van der Waals surface area contributed by atoms with Gasteiger partial charge in [-0.1, -0.05) is 12.1 Å². The van der Waals surface area contributed by atoms with Gasteiger partial charge in [0.15, 0.2) is 0 Å². The zero-order chi connectivity index (χ0) is 20.0. The first-order valence-corrected chi connectivity index (χ1v) is 7.63. The van der Waals surface area contributed by atoms with Gasteiger partial charge in [0, 0.05) is 23.3 Å². The van der Waals surface area contributed by atoms with E-state index in [1.807, 2.05) is 48.7 Å². The molecule has 0 aliphatic carbocycles. The Morgan fingerprint density at radius 2 is 1.63 bits per heavy atom. The molecule has 3 aromatic rings. The van der Waals surface area contributed by atoms with E-state index in [0.29, 0.717) is 0 Å². The summed E-state index contributed by atoms with van der Waals surface area (Å²) in [6.45, 7) is 0. The number of methoxy groups -OCH3 is 2. The lowest BCUT2D eigenvalue weighted by molar-refractivity contribution is -0.192. The number of benzene rings is 2. The van der Waals surface area contributed by atoms with Crippen molar-refractivity contribution in [1.82, 2.24) is 4.98 Å². The van der Waals surface area contributed by atoms with Crippen molar-refractivity contribution in [1.29, 1.82) is 0 Å². The fourth-order valence-electron chi connectivity index (χ4n) is 2.37. The third-order valence-electron chi connectivity index (χ3n) is 3.62. The van der Waals surface area contributed by atoms with Crippen LogP contribution in [0.15, 0.2) is 54.9 Å². The maximum atomic E-state index is 10.6. The van der Waals surface area contributed by atoms with E-state index in [1.165, 1.54) is 0 Å². The second-order valence-corrected chi connectivity index (χ2v) is 5.27. The average Bonchev–Trinajstić information content (AvgIpc) is 2.67. The largest absolute Gasteiger partial charge is 0.497 e. The molecule has 1 heterocycles. The van der Waals surface area contributed by atoms with Crippen molar-refractivity contribution in [3.63, 3.8) is 0 Å². The standard InChI is InChI=1S/C17H15NO2.C2HF3O2/c1-19-14-6-3-12(4-7-14)17-15-9-10-18-11-13(15)5-8-16(17)20-2;3-2(4,5)1(6)7/h3-11H,1-2H3;(H,6,7). The number of halogens is 3. The van der Waals surface area contributed by atoms with Gasteiger partial charge in [-0.15, -0.1) is 0 Å². The van der Waals surface area contributed by atoms with Gasteiger partial charge in [-0.3, -0.25) is 4.98 Å². The molecule has 5 nitrogen and oxygen atoms in total. The highest BCUT2D eigenvalue weighted by Crippen LogP contribution is 2.37. The normalized spacial score (nSPS) is 10.7. The van der Waals surface area contributed by atoms with Crippen LogP contribution in [-0.2, 0) is 4.79 Å². The summed E-state index contributed by atoms with van der Waals surface area (Å²) < 4.78 is 42.5. The number of hydrogen-bond acceptors (Lipinski definition) is 4. The zero-order valence-electron chi connectivity index (χ0n) is 14.4. The van der Waals surface area contributed by atoms with E-state index in [-0.39, 0.29) is 0 Å². The molecule has 0 bridgehead atoms. The van der Waals surface area contributed by atoms with Crippen LogP contribution in [0, 0.1) is 0 Å². The highest BCUT2D eigenvalue weighted by atomic mass is 19.4. The van der Waals surface area contributed by atoms with Crippen LogP contribution in [0.1, 0.15) is 0 Å². The van der Waals surface area contributed by atoms with E-state index >= 15 is 0 Å². The molecule has 0 saturated heterocycles. The highest BCUT2D eigenvalue weighted by molar-refractivity contribution is 5.99. The average molecular weight is 379 g/mol. The van der Waals surface area contributed by atoms with E-state index in [4.69, 9.17) is 19.4 Å². The highest BCUT2D eigenvalue weighted by Gasteiger charge is 2.38. The van der Waals surface area contributed by atoms with Gasteiger partial charge in [0.1, 0.15) is 11.5 Å². The number of hydrogen-bond donors (Lipinski definition) is 1. The SMILES string of the molecule is COc1ccc(-c2c(OC)ccc3cnccc23)cc1.O=C(O)C(F)(F)F. The molecule has 0 aliphatic heterocycles. The van der Waals surface area contributed by atoms with E-state index in [1.54, 1.807) is 20.4 Å². The first-order chi connectivity index (χ1) is 12.8. The summed E-state index contributed by atoms with van der Waals surface area (Å²) in [5, 5.41) is 9.35. The smallest absolute Gasteiger partial charge is 0.490 e. The van der Waals surface area contributed by atoms with Gasteiger partial charge in [-0.05, 0) is 41.3 Å². The zero-order valence-corrected chi connectivity index (χ0v) is 14.4. The number of pyridine rings is 1. The Labute approximate surface area is 153 Å². The van der Waals surface area contributed by atoms with Gasteiger partial charge < -0.3 is 14.6 Å². The Bertz CT molecular complexity index is 924. The summed E-state index contributed by atoms with van der Waals surface area (Å²) >= 11 is 0. The minimum absolute atomic E-state index is 0.842. The number of carboxylic acids is 1. The van der Waals surface area contributed by atoms with E-state index in [9.17, 15) is 13.2 Å². The first kappa shape index (κ1) is 20.0. The first-order valence-electron chi connectivity index (χ1n) is 7.63. The van der Waals surface area contributed by atoms with Crippen LogP contribution < -0.4 is 9.47 Å². The van der Waals surface area contributed by atoms with E-state index in [0.717, 1.165) is 33.4 Å². The van der Waals surface area contributed by atoms with Crippen LogP contribution in [-0.4, -0.2) is 36.5 Å². The van der Waals surface area contributed by atoms with Crippen molar-refractivity contribution in [2.24, 2.45) is 0 Å². The molecule has 1 N–H and O–H groups in total. The molecule has 0 spiro atoms. The number of ether oxygens (including phenoxy) is 2. The van der Waals surface area contributed by atoms with Gasteiger partial charge in [0.25, 0.3) is 0 Å². The third kappa shape index (κ3) is 4.87. The van der Waals surface area contributed by atoms with Crippen LogP contribution in [0.25, 0.3) is 21.9 Å². The van der Waals surface area contributed by atoms with Crippen molar-refractivity contribution >= 4 is 16.7 Å². The molecule has 0 aliphatic rings. The fourth-order valence-corrected chi connectivity index (χ4v) is 2.37. The summed E-state index contributed by atoms with van der Waals surface area (Å²) in [6, 6.07) is 14.0. The number of alkyl halides is 3. The molecule has 2 aromatic carbocycles. The number of aliphatic carboxylic acids is 1. The number of nitrogens with zero attached hydrogens (tertiary/aromatic N) is 1. The van der Waals surface area contributed by atoms with Crippen LogP contribution in [0.2, 0.25) is 0 Å². The predicted molar refractivity (Wildman–Crippen MR) is 94.0 cm³/mol. The molecule has 0 saturated carbocycles. The number of rotatable bonds is 3. The topological polar surface area (TPSA) is 68.7 Å². The number of fused-ring (bicyclic) bond motifs is 1. The summed E-state index contributed by atoms with van der Waals surface area (Å²) in [5.41, 5.74) is 2.18. The molecule has 0 fully saturated rings. The Morgan fingerprint density at radius 1 is 1.00 bits per heavy atom. The second-order valence-electron chi connectivity index (χ2n) is 5.27. The molecule has 1 aromatic heterocycles. The monoisotopic (exact) mass is 379 g/mol. The van der Waals surface area contributed by atoms with E-state index in [2.05, 4.69) is 4.98 Å². The van der Waals surface area contributed by atoms with Crippen LogP contribution in [0.5, 0.6) is 11.5 Å². The lowest BCUT2D eigenvalue weighted by Gasteiger charge is -2.12. The summed E-state index contributed by atoms with van der Waals surface area (Å²) in [6.07, 6.45) is -1.42. The predicted octanol–water partition coefficient (Wildman–Crippen LogP) is 4.55. The van der Waals surface area contributed by atoms with Crippen molar-refractivity contribution in [2.45, 2.75) is 6.18 Å². The quantitative estimate of drug-likeness (QED) is 0.723. The van der Waals surface area contributed by atoms with Gasteiger partial charge in [0.05, 0.1) is 14.2 Å². The Kier molecular flexibility index (Phi) is 6.23. The van der Waals surface area contributed by atoms with Gasteiger partial charge in [0.2, 0.25) is 0 Å². The van der Waals surface area contributed by atoms with E-state index < -0.39 is 12.1 Å². The molecule has 3 rings (SSSR count). The lowest BCUT2D eigenvalue weighted by Crippen LogP contribution is -2.21. The van der Waals surface area contributed by atoms with Crippen LogP contribution in [0.4, 0.5) is 13.2 Å². The van der Waals surface area contributed by atoms with Crippen molar-refractivity contribution in [3.05, 3.63) is 54.9 Å². The number of carbonyl (C=O) groups is 1. The molecule has 0 radical (unpaired) electrons. The number of aromatic nitrogens is 1. The van der Waals surface area contributed by atoms with Crippen molar-refractivity contribution in [2.75, 3.05) is 14.2 Å². The molecule has 8 heteroatoms. The van der Waals surface area contributed by atoms with Gasteiger partial charge >= 0.3 is 12.1 Å². The molecule has 0 atom stereocenters. The van der Waals surface area contributed by atoms with Crippen molar-refractivity contribution in [3.8, 4) is 22.6 Å². The molecular formula is C19H16F3NO4. The summed E-state index contributed by atoms with van der Waals surface area (Å²) in [5.74, 6) is -1.06. The minimum atomic E-state index is -5.08. The molecule has 27 heavy (non-hydrogen) atoms. The van der Waals surface area contributed by atoms with Crippen LogP contribution in [0.3, 0.4) is 0 Å². The second kappa shape index (κ2) is 8.39. The molecule has 142 valence electrons. The van der Waals surface area contributed by atoms with Crippen LogP contribution >= 0.6 is 0 Å². The lowest BCUT2D eigenvalue weighted by atomic mass is 9.98. The Morgan fingerprint density at radius 3 is 2.15 bits per heavy atom. The van der Waals surface area contributed by atoms with Gasteiger partial charge in [-0.25, -0.2) is 4.79 Å². The summed E-state index contributed by atoms with van der Waals surface area (Å²) in [7, 11) is 3.36. The molecule has 0 amide bonds. The molecular weight excluding hydrogens is 363 g/mol. The Balaban J connectivity index is 0.000000321. The Hall–Kier alpha value is -3.29. The van der Waals surface area contributed by atoms with Gasteiger partial charge in [-0.2, -0.15) is 13.2 Å². The maximum Gasteiger partial charge on any atom is 0.490 e. The fraction of sp³-hybridized carbons (Fsp3) is 0.158. The number of carboxylic acid groups (broad SMARTS) is 1. The maximum absolute atomic E-state index is 10.6. The third-order valence-corrected chi connectivity index (χ3v) is 3.62. The minimum Gasteiger partial charge on any atom is -0.497 e. The van der Waals surface area contributed by atoms with Crippen molar-refractivity contribution < 1.29 is 32.5 Å². The molecule has 0 unspecified atom stereocenters.